The van der Waals surface area contributed by atoms with Crippen LogP contribution in [-0.2, 0) is 22.6 Å². The average Bonchev–Trinajstić information content (AvgIpc) is 3.54. The third-order valence-corrected chi connectivity index (χ3v) is 6.83. The normalized spacial score (nSPS) is 13.2. The quantitative estimate of drug-likeness (QED) is 0.368. The van der Waals surface area contributed by atoms with E-state index >= 15 is 0 Å². The molecule has 0 spiro atoms. The number of nitrogens with zero attached hydrogens (tertiary/aromatic N) is 4. The molecule has 1 amide bonds. The Morgan fingerprint density at radius 3 is 2.51 bits per heavy atom. The lowest BCUT2D eigenvalue weighted by molar-refractivity contribution is -0.124. The summed E-state index contributed by atoms with van der Waals surface area (Å²) in [6.45, 7) is 6.25. The summed E-state index contributed by atoms with van der Waals surface area (Å²) in [7, 11) is 0. The maximum absolute atomic E-state index is 13.0. The summed E-state index contributed by atoms with van der Waals surface area (Å²) in [4.78, 5) is 32.5. The Labute approximate surface area is 216 Å². The number of ether oxygens (including phenoxy) is 1. The van der Waals surface area contributed by atoms with E-state index < -0.39 is 5.97 Å². The first-order valence-electron chi connectivity index (χ1n) is 12.6. The molecule has 1 aliphatic rings. The summed E-state index contributed by atoms with van der Waals surface area (Å²) in [5.74, 6) is -0.281. The number of amides is 1. The fourth-order valence-electron chi connectivity index (χ4n) is 4.77. The summed E-state index contributed by atoms with van der Waals surface area (Å²) in [6, 6.07) is 19.6. The van der Waals surface area contributed by atoms with Gasteiger partial charge in [0.15, 0.2) is 6.61 Å². The maximum Gasteiger partial charge on any atom is 0.342 e. The Kier molecular flexibility index (Phi) is 7.16. The number of anilines is 1. The van der Waals surface area contributed by atoms with Crippen molar-refractivity contribution in [1.82, 2.24) is 20.1 Å². The van der Waals surface area contributed by atoms with Crippen molar-refractivity contribution < 1.29 is 14.3 Å². The van der Waals surface area contributed by atoms with Gasteiger partial charge < -0.3 is 15.0 Å². The highest BCUT2D eigenvalue weighted by molar-refractivity contribution is 6.00. The Morgan fingerprint density at radius 1 is 1.00 bits per heavy atom. The number of aryl methyl sites for hydroxylation is 1. The molecule has 1 fully saturated rings. The van der Waals surface area contributed by atoms with Crippen LogP contribution in [0, 0.1) is 13.8 Å². The highest BCUT2D eigenvalue weighted by atomic mass is 16.5. The molecule has 5 rings (SSSR count). The molecule has 1 saturated heterocycles. The molecule has 190 valence electrons. The number of carbonyl (C=O) groups excluding carboxylic acids is 2. The minimum absolute atomic E-state index is 0.319. The van der Waals surface area contributed by atoms with Crippen LogP contribution in [0.2, 0.25) is 0 Å². The van der Waals surface area contributed by atoms with E-state index in [-0.39, 0.29) is 12.5 Å². The monoisotopic (exact) mass is 497 g/mol. The van der Waals surface area contributed by atoms with Gasteiger partial charge in [-0.2, -0.15) is 5.10 Å². The zero-order valence-corrected chi connectivity index (χ0v) is 21.2. The molecule has 2 aromatic carbocycles. The maximum atomic E-state index is 13.0. The summed E-state index contributed by atoms with van der Waals surface area (Å²) in [5, 5.41) is 8.37. The Hall–Kier alpha value is -4.20. The van der Waals surface area contributed by atoms with Gasteiger partial charge in [0.25, 0.3) is 5.91 Å². The molecule has 8 heteroatoms. The number of nitrogens with one attached hydrogen (secondary N) is 1. The molecular formula is C29H31N5O3. The van der Waals surface area contributed by atoms with Gasteiger partial charge in [0.1, 0.15) is 11.4 Å². The fourth-order valence-corrected chi connectivity index (χ4v) is 4.77. The molecule has 2 aromatic heterocycles. The molecule has 4 aromatic rings. The molecule has 0 bridgehead atoms. The molecule has 0 saturated carbocycles. The van der Waals surface area contributed by atoms with Crippen LogP contribution in [0.4, 0.5) is 5.82 Å². The van der Waals surface area contributed by atoms with E-state index in [9.17, 15) is 9.59 Å². The number of pyridine rings is 1. The van der Waals surface area contributed by atoms with Gasteiger partial charge in [0.05, 0.1) is 17.8 Å². The van der Waals surface area contributed by atoms with Crippen LogP contribution in [0.15, 0.2) is 60.7 Å². The van der Waals surface area contributed by atoms with Crippen molar-refractivity contribution in [2.45, 2.75) is 39.8 Å². The Morgan fingerprint density at radius 2 is 1.73 bits per heavy atom. The summed E-state index contributed by atoms with van der Waals surface area (Å²) >= 11 is 0. The van der Waals surface area contributed by atoms with Crippen molar-refractivity contribution in [3.63, 3.8) is 0 Å². The molecule has 0 radical (unpaired) electrons. The summed E-state index contributed by atoms with van der Waals surface area (Å²) in [5.41, 5.74) is 5.21. The van der Waals surface area contributed by atoms with Gasteiger partial charge in [0.2, 0.25) is 0 Å². The lowest BCUT2D eigenvalue weighted by Crippen LogP contribution is -2.29. The SMILES string of the molecule is Cc1nn(Cc2ccccc2)c(C)c1CNC(=O)COC(=O)c1cc2ccccc2nc1N1CCCC1. The van der Waals surface area contributed by atoms with E-state index in [1.165, 1.54) is 0 Å². The predicted octanol–water partition coefficient (Wildman–Crippen LogP) is 4.17. The highest BCUT2D eigenvalue weighted by Gasteiger charge is 2.23. The number of esters is 1. The molecule has 37 heavy (non-hydrogen) atoms. The van der Waals surface area contributed by atoms with Crippen LogP contribution < -0.4 is 10.2 Å². The second kappa shape index (κ2) is 10.8. The standard InChI is InChI=1S/C29H31N5O3/c1-20-25(21(2)34(32-20)18-22-10-4-3-5-11-22)17-30-27(35)19-37-29(36)24-16-23-12-6-7-13-26(23)31-28(24)33-14-8-9-15-33/h3-7,10-13,16H,8-9,14-15,17-19H2,1-2H3,(H,30,35). The van der Waals surface area contributed by atoms with Crippen molar-refractivity contribution >= 4 is 28.6 Å². The third-order valence-electron chi connectivity index (χ3n) is 6.83. The van der Waals surface area contributed by atoms with Crippen LogP contribution in [0.5, 0.6) is 0 Å². The molecule has 3 heterocycles. The number of hydrogen-bond donors (Lipinski definition) is 1. The fraction of sp³-hybridized carbons (Fsp3) is 0.310. The van der Waals surface area contributed by atoms with Crippen molar-refractivity contribution in [2.24, 2.45) is 0 Å². The zero-order valence-electron chi connectivity index (χ0n) is 21.2. The Balaban J connectivity index is 1.22. The third kappa shape index (κ3) is 5.48. The van der Waals surface area contributed by atoms with Gasteiger partial charge in [-0.3, -0.25) is 9.48 Å². The topological polar surface area (TPSA) is 89.3 Å². The summed E-state index contributed by atoms with van der Waals surface area (Å²) < 4.78 is 7.38. The smallest absolute Gasteiger partial charge is 0.342 e. The molecule has 0 atom stereocenters. The van der Waals surface area contributed by atoms with E-state index in [4.69, 9.17) is 9.72 Å². The number of para-hydroxylation sites is 1. The highest BCUT2D eigenvalue weighted by Crippen LogP contribution is 2.27. The predicted molar refractivity (Wildman–Crippen MR) is 143 cm³/mol. The molecular weight excluding hydrogens is 466 g/mol. The molecule has 1 N–H and O–H groups in total. The molecule has 0 unspecified atom stereocenters. The number of rotatable bonds is 8. The van der Waals surface area contributed by atoms with Crippen LogP contribution in [0.25, 0.3) is 10.9 Å². The minimum atomic E-state index is -0.543. The van der Waals surface area contributed by atoms with Crippen molar-refractivity contribution in [1.29, 1.82) is 0 Å². The van der Waals surface area contributed by atoms with Crippen molar-refractivity contribution in [3.05, 3.63) is 88.7 Å². The van der Waals surface area contributed by atoms with Gasteiger partial charge in [-0.1, -0.05) is 48.5 Å². The lowest BCUT2D eigenvalue weighted by atomic mass is 10.1. The first-order chi connectivity index (χ1) is 18.0. The van der Waals surface area contributed by atoms with Gasteiger partial charge in [-0.15, -0.1) is 0 Å². The van der Waals surface area contributed by atoms with Gasteiger partial charge in [-0.25, -0.2) is 9.78 Å². The van der Waals surface area contributed by atoms with E-state index in [0.29, 0.717) is 24.5 Å². The van der Waals surface area contributed by atoms with Gasteiger partial charge >= 0.3 is 5.97 Å². The lowest BCUT2D eigenvalue weighted by Gasteiger charge is -2.20. The number of carbonyl (C=O) groups is 2. The van der Waals surface area contributed by atoms with Crippen molar-refractivity contribution in [3.8, 4) is 0 Å². The van der Waals surface area contributed by atoms with Crippen LogP contribution >= 0.6 is 0 Å². The zero-order chi connectivity index (χ0) is 25.8. The van der Waals surface area contributed by atoms with Crippen LogP contribution in [0.3, 0.4) is 0 Å². The van der Waals surface area contributed by atoms with E-state index in [2.05, 4.69) is 27.4 Å². The van der Waals surface area contributed by atoms with Crippen molar-refractivity contribution in [2.75, 3.05) is 24.6 Å². The second-order valence-electron chi connectivity index (χ2n) is 9.39. The Bertz CT molecular complexity index is 1420. The number of fused-ring (bicyclic) bond motifs is 1. The van der Waals surface area contributed by atoms with Crippen LogP contribution in [-0.4, -0.2) is 46.3 Å². The van der Waals surface area contributed by atoms with E-state index in [0.717, 1.165) is 59.3 Å². The summed E-state index contributed by atoms with van der Waals surface area (Å²) in [6.07, 6.45) is 2.12. The number of aromatic nitrogens is 3. The van der Waals surface area contributed by atoms with Crippen LogP contribution in [0.1, 0.15) is 45.7 Å². The molecule has 0 aliphatic carbocycles. The number of hydrogen-bond acceptors (Lipinski definition) is 6. The minimum Gasteiger partial charge on any atom is -0.452 e. The molecule has 1 aliphatic heterocycles. The van der Waals surface area contributed by atoms with E-state index in [1.54, 1.807) is 0 Å². The average molecular weight is 498 g/mol. The second-order valence-corrected chi connectivity index (χ2v) is 9.39. The number of benzene rings is 2. The van der Waals surface area contributed by atoms with E-state index in [1.807, 2.05) is 67.1 Å². The first kappa shape index (κ1) is 24.5. The molecule has 8 nitrogen and oxygen atoms in total. The van der Waals surface area contributed by atoms with Gasteiger partial charge in [-0.05, 0) is 44.4 Å². The first-order valence-corrected chi connectivity index (χ1v) is 12.6. The largest absolute Gasteiger partial charge is 0.452 e. The van der Waals surface area contributed by atoms with Gasteiger partial charge in [0, 0.05) is 36.3 Å².